The standard InChI is InChI=1S/C19H19N3O4S/c23-17-3-1-2-12-6-11-16(18(12)17)20-21-19(24)13-4-9-15(10-5-13)27(25,26)22-14-7-8-14/h1-5,9-10,14,22-23H,6-8,11H2,(H,21,24)/b20-16+. The van der Waals surface area contributed by atoms with Gasteiger partial charge in [-0.15, -0.1) is 0 Å². The molecule has 1 amide bonds. The minimum Gasteiger partial charge on any atom is -0.507 e. The Morgan fingerprint density at radius 3 is 2.52 bits per heavy atom. The average Bonchev–Trinajstić information content (AvgIpc) is 3.35. The number of carbonyl (C=O) groups is 1. The van der Waals surface area contributed by atoms with Crippen molar-refractivity contribution in [1.82, 2.24) is 10.1 Å². The molecule has 0 aliphatic heterocycles. The molecule has 0 unspecified atom stereocenters. The van der Waals surface area contributed by atoms with E-state index in [1.165, 1.54) is 24.3 Å². The highest BCUT2D eigenvalue weighted by Gasteiger charge is 2.28. The summed E-state index contributed by atoms with van der Waals surface area (Å²) in [4.78, 5) is 12.4. The molecule has 3 N–H and O–H groups in total. The molecular formula is C19H19N3O4S. The summed E-state index contributed by atoms with van der Waals surface area (Å²) >= 11 is 0. The fourth-order valence-corrected chi connectivity index (χ4v) is 4.38. The number of rotatable bonds is 5. The summed E-state index contributed by atoms with van der Waals surface area (Å²) in [5, 5.41) is 14.1. The van der Waals surface area contributed by atoms with E-state index in [1.54, 1.807) is 12.1 Å². The van der Waals surface area contributed by atoms with Gasteiger partial charge in [0, 0.05) is 17.2 Å². The van der Waals surface area contributed by atoms with E-state index < -0.39 is 15.9 Å². The molecular weight excluding hydrogens is 366 g/mol. The van der Waals surface area contributed by atoms with Crippen molar-refractivity contribution in [2.24, 2.45) is 5.10 Å². The molecule has 0 aromatic heterocycles. The highest BCUT2D eigenvalue weighted by molar-refractivity contribution is 7.89. The number of aryl methyl sites for hydroxylation is 1. The van der Waals surface area contributed by atoms with Gasteiger partial charge in [-0.2, -0.15) is 5.10 Å². The van der Waals surface area contributed by atoms with Crippen LogP contribution in [0, 0.1) is 0 Å². The van der Waals surface area contributed by atoms with E-state index in [2.05, 4.69) is 15.2 Å². The number of carbonyl (C=O) groups excluding carboxylic acids is 1. The number of phenols is 1. The predicted molar refractivity (Wildman–Crippen MR) is 100 cm³/mol. The number of hydrogen-bond donors (Lipinski definition) is 3. The van der Waals surface area contributed by atoms with Crippen LogP contribution in [0.1, 0.15) is 40.7 Å². The van der Waals surface area contributed by atoms with Crippen molar-refractivity contribution in [1.29, 1.82) is 0 Å². The second kappa shape index (κ2) is 6.79. The van der Waals surface area contributed by atoms with Crippen LogP contribution in [0.25, 0.3) is 0 Å². The first kappa shape index (κ1) is 17.7. The molecule has 2 aromatic carbocycles. The third-order valence-electron chi connectivity index (χ3n) is 4.67. The number of hydrogen-bond acceptors (Lipinski definition) is 5. The van der Waals surface area contributed by atoms with Crippen LogP contribution in [0.5, 0.6) is 5.75 Å². The third-order valence-corrected chi connectivity index (χ3v) is 6.20. The van der Waals surface area contributed by atoms with Crippen molar-refractivity contribution >= 4 is 21.6 Å². The third kappa shape index (κ3) is 3.72. The monoisotopic (exact) mass is 385 g/mol. The van der Waals surface area contributed by atoms with E-state index in [9.17, 15) is 18.3 Å². The van der Waals surface area contributed by atoms with Gasteiger partial charge >= 0.3 is 0 Å². The Balaban J connectivity index is 1.47. The van der Waals surface area contributed by atoms with Crippen LogP contribution in [0.4, 0.5) is 0 Å². The summed E-state index contributed by atoms with van der Waals surface area (Å²) in [6.07, 6.45) is 3.12. The number of phenolic OH excluding ortho intramolecular Hbond substituents is 1. The maximum atomic E-state index is 12.3. The molecule has 140 valence electrons. The fraction of sp³-hybridized carbons (Fsp3) is 0.263. The number of nitrogens with zero attached hydrogens (tertiary/aromatic N) is 1. The molecule has 1 fully saturated rings. The largest absolute Gasteiger partial charge is 0.507 e. The number of nitrogens with one attached hydrogen (secondary N) is 2. The molecule has 0 atom stereocenters. The van der Waals surface area contributed by atoms with Gasteiger partial charge in [0.2, 0.25) is 10.0 Å². The van der Waals surface area contributed by atoms with Crippen molar-refractivity contribution in [2.75, 3.05) is 0 Å². The van der Waals surface area contributed by atoms with Crippen molar-refractivity contribution in [2.45, 2.75) is 36.6 Å². The van der Waals surface area contributed by atoms with E-state index in [0.717, 1.165) is 24.8 Å². The summed E-state index contributed by atoms with van der Waals surface area (Å²) in [6, 6.07) is 11.1. The Labute approximate surface area is 157 Å². The zero-order valence-corrected chi connectivity index (χ0v) is 15.3. The fourth-order valence-electron chi connectivity index (χ4n) is 3.07. The van der Waals surface area contributed by atoms with Crippen molar-refractivity contribution in [3.05, 3.63) is 59.2 Å². The minimum absolute atomic E-state index is 0.0273. The van der Waals surface area contributed by atoms with Crippen LogP contribution in [0.3, 0.4) is 0 Å². The summed E-state index contributed by atoms with van der Waals surface area (Å²) in [5.41, 5.74) is 5.09. The molecule has 0 radical (unpaired) electrons. The lowest BCUT2D eigenvalue weighted by atomic mass is 10.1. The molecule has 27 heavy (non-hydrogen) atoms. The number of fused-ring (bicyclic) bond motifs is 1. The quantitative estimate of drug-likeness (QED) is 0.683. The van der Waals surface area contributed by atoms with Crippen molar-refractivity contribution in [3.63, 3.8) is 0 Å². The Morgan fingerprint density at radius 1 is 1.07 bits per heavy atom. The maximum Gasteiger partial charge on any atom is 0.271 e. The van der Waals surface area contributed by atoms with Gasteiger partial charge in [-0.05, 0) is 61.6 Å². The average molecular weight is 385 g/mol. The molecule has 0 bridgehead atoms. The highest BCUT2D eigenvalue weighted by Crippen LogP contribution is 2.29. The van der Waals surface area contributed by atoms with Gasteiger partial charge < -0.3 is 5.11 Å². The lowest BCUT2D eigenvalue weighted by Crippen LogP contribution is -2.26. The SMILES string of the molecule is O=C(N/N=C1\CCc2cccc(O)c21)c1ccc(S(=O)(=O)NC2CC2)cc1. The minimum atomic E-state index is -3.54. The van der Waals surface area contributed by atoms with E-state index in [0.29, 0.717) is 23.3 Å². The summed E-state index contributed by atoms with van der Waals surface area (Å²) < 4.78 is 26.9. The van der Waals surface area contributed by atoms with Crippen LogP contribution in [-0.2, 0) is 16.4 Å². The summed E-state index contributed by atoms with van der Waals surface area (Å²) in [7, 11) is -3.54. The van der Waals surface area contributed by atoms with E-state index >= 15 is 0 Å². The topological polar surface area (TPSA) is 108 Å². The number of sulfonamides is 1. The van der Waals surface area contributed by atoms with Crippen LogP contribution < -0.4 is 10.1 Å². The summed E-state index contributed by atoms with van der Waals surface area (Å²) in [5.74, 6) is -0.291. The second-order valence-electron chi connectivity index (χ2n) is 6.73. The molecule has 2 aromatic rings. The first-order chi connectivity index (χ1) is 12.9. The zero-order chi connectivity index (χ0) is 19.0. The first-order valence-electron chi connectivity index (χ1n) is 8.74. The van der Waals surface area contributed by atoms with Crippen molar-refractivity contribution in [3.8, 4) is 5.75 Å². The van der Waals surface area contributed by atoms with E-state index in [1.807, 2.05) is 6.07 Å². The van der Waals surface area contributed by atoms with Crippen LogP contribution in [0.2, 0.25) is 0 Å². The molecule has 0 saturated heterocycles. The van der Waals surface area contributed by atoms with Gasteiger partial charge in [0.05, 0.1) is 10.6 Å². The van der Waals surface area contributed by atoms with Crippen LogP contribution in [-0.4, -0.2) is 31.2 Å². The summed E-state index contributed by atoms with van der Waals surface area (Å²) in [6.45, 7) is 0. The second-order valence-corrected chi connectivity index (χ2v) is 8.44. The van der Waals surface area contributed by atoms with Crippen molar-refractivity contribution < 1.29 is 18.3 Å². The van der Waals surface area contributed by atoms with Gasteiger partial charge in [-0.3, -0.25) is 4.79 Å². The normalized spacial score (nSPS) is 17.7. The highest BCUT2D eigenvalue weighted by atomic mass is 32.2. The van der Waals surface area contributed by atoms with Gasteiger partial charge in [-0.1, -0.05) is 12.1 Å². The smallest absolute Gasteiger partial charge is 0.271 e. The Morgan fingerprint density at radius 2 is 1.81 bits per heavy atom. The molecule has 2 aliphatic carbocycles. The van der Waals surface area contributed by atoms with Gasteiger partial charge in [0.25, 0.3) is 5.91 Å². The first-order valence-corrected chi connectivity index (χ1v) is 10.2. The van der Waals surface area contributed by atoms with E-state index in [4.69, 9.17) is 0 Å². The van der Waals surface area contributed by atoms with Gasteiger partial charge in [-0.25, -0.2) is 18.6 Å². The lowest BCUT2D eigenvalue weighted by Gasteiger charge is -2.07. The van der Waals surface area contributed by atoms with Crippen LogP contribution >= 0.6 is 0 Å². The molecule has 2 aliphatic rings. The maximum absolute atomic E-state index is 12.3. The van der Waals surface area contributed by atoms with E-state index in [-0.39, 0.29) is 16.7 Å². The predicted octanol–water partition coefficient (Wildman–Crippen LogP) is 1.91. The Kier molecular flexibility index (Phi) is 4.45. The van der Waals surface area contributed by atoms with Gasteiger partial charge in [0.15, 0.2) is 0 Å². The van der Waals surface area contributed by atoms with Crippen LogP contribution in [0.15, 0.2) is 52.5 Å². The molecule has 1 saturated carbocycles. The molecule has 0 spiro atoms. The zero-order valence-electron chi connectivity index (χ0n) is 14.5. The Hall–Kier alpha value is -2.71. The number of aromatic hydroxyl groups is 1. The number of amides is 1. The molecule has 8 heteroatoms. The molecule has 7 nitrogen and oxygen atoms in total. The lowest BCUT2D eigenvalue weighted by molar-refractivity contribution is 0.0954. The molecule has 0 heterocycles. The Bertz CT molecular complexity index is 1030. The number of hydrazone groups is 1. The molecule has 4 rings (SSSR count). The van der Waals surface area contributed by atoms with Gasteiger partial charge in [0.1, 0.15) is 5.75 Å². The number of benzene rings is 2.